The Morgan fingerprint density at radius 2 is 2.05 bits per heavy atom. The summed E-state index contributed by atoms with van der Waals surface area (Å²) in [4.78, 5) is 0. The van der Waals surface area contributed by atoms with E-state index in [9.17, 15) is 0 Å². The van der Waals surface area contributed by atoms with Crippen LogP contribution >= 0.6 is 0 Å². The molecule has 1 aliphatic heterocycles. The largest absolute Gasteiger partial charge is 0.399 e. The van der Waals surface area contributed by atoms with Crippen molar-refractivity contribution in [1.29, 1.82) is 0 Å². The SMILES string of the molecule is Cc1ccc(C2CCNc3cc(C(C)(C)C)nn32)cc1N. The van der Waals surface area contributed by atoms with E-state index >= 15 is 0 Å². The molecular weight excluding hydrogens is 260 g/mol. The van der Waals surface area contributed by atoms with E-state index in [0.717, 1.165) is 35.7 Å². The molecule has 2 aromatic rings. The number of hydrogen-bond donors (Lipinski definition) is 2. The van der Waals surface area contributed by atoms with Gasteiger partial charge in [-0.25, -0.2) is 4.68 Å². The highest BCUT2D eigenvalue weighted by molar-refractivity contribution is 5.50. The summed E-state index contributed by atoms with van der Waals surface area (Å²) >= 11 is 0. The third kappa shape index (κ3) is 2.50. The molecule has 1 aromatic heterocycles. The molecule has 0 spiro atoms. The van der Waals surface area contributed by atoms with Crippen LogP contribution in [0.3, 0.4) is 0 Å². The van der Waals surface area contributed by atoms with Crippen molar-refractivity contribution in [2.75, 3.05) is 17.6 Å². The Balaban J connectivity index is 2.03. The second-order valence-electron chi connectivity index (χ2n) is 6.96. The van der Waals surface area contributed by atoms with Crippen LogP contribution in [0, 0.1) is 6.92 Å². The van der Waals surface area contributed by atoms with E-state index in [1.54, 1.807) is 0 Å². The summed E-state index contributed by atoms with van der Waals surface area (Å²) in [5.41, 5.74) is 10.5. The molecule has 1 aromatic carbocycles. The molecular formula is C17H24N4. The van der Waals surface area contributed by atoms with Crippen molar-refractivity contribution >= 4 is 11.5 Å². The van der Waals surface area contributed by atoms with Gasteiger partial charge in [0, 0.05) is 23.7 Å². The number of nitrogens with one attached hydrogen (secondary N) is 1. The first-order valence-electron chi connectivity index (χ1n) is 7.56. The first kappa shape index (κ1) is 14.0. The summed E-state index contributed by atoms with van der Waals surface area (Å²) in [5, 5.41) is 8.30. The highest BCUT2D eigenvalue weighted by atomic mass is 15.4. The van der Waals surface area contributed by atoms with Crippen LogP contribution in [0.5, 0.6) is 0 Å². The maximum absolute atomic E-state index is 6.08. The van der Waals surface area contributed by atoms with E-state index in [1.165, 1.54) is 5.56 Å². The second-order valence-corrected chi connectivity index (χ2v) is 6.96. The molecule has 4 nitrogen and oxygen atoms in total. The lowest BCUT2D eigenvalue weighted by molar-refractivity contribution is 0.462. The van der Waals surface area contributed by atoms with Gasteiger partial charge in [0.2, 0.25) is 0 Å². The third-order valence-corrected chi connectivity index (χ3v) is 4.21. The fraction of sp³-hybridized carbons (Fsp3) is 0.471. The number of nitrogens with two attached hydrogens (primary N) is 1. The molecule has 1 unspecified atom stereocenters. The molecule has 2 heterocycles. The van der Waals surface area contributed by atoms with Gasteiger partial charge in [-0.1, -0.05) is 32.9 Å². The maximum atomic E-state index is 6.08. The molecule has 0 radical (unpaired) electrons. The van der Waals surface area contributed by atoms with Gasteiger partial charge in [-0.15, -0.1) is 0 Å². The first-order valence-corrected chi connectivity index (χ1v) is 7.56. The second kappa shape index (κ2) is 4.79. The minimum absolute atomic E-state index is 0.0584. The number of fused-ring (bicyclic) bond motifs is 1. The van der Waals surface area contributed by atoms with E-state index in [-0.39, 0.29) is 11.5 Å². The van der Waals surface area contributed by atoms with E-state index in [0.29, 0.717) is 0 Å². The summed E-state index contributed by atoms with van der Waals surface area (Å²) in [5.74, 6) is 1.11. The quantitative estimate of drug-likeness (QED) is 0.788. The number of anilines is 2. The number of nitrogens with zero attached hydrogens (tertiary/aromatic N) is 2. The van der Waals surface area contributed by atoms with E-state index in [4.69, 9.17) is 10.8 Å². The average Bonchev–Trinajstić information content (AvgIpc) is 2.86. The lowest BCUT2D eigenvalue weighted by Gasteiger charge is -2.26. The molecule has 1 atom stereocenters. The fourth-order valence-electron chi connectivity index (χ4n) is 2.76. The third-order valence-electron chi connectivity index (χ3n) is 4.21. The Morgan fingerprint density at radius 3 is 2.71 bits per heavy atom. The number of aromatic nitrogens is 2. The smallest absolute Gasteiger partial charge is 0.125 e. The van der Waals surface area contributed by atoms with Crippen molar-refractivity contribution in [1.82, 2.24) is 9.78 Å². The van der Waals surface area contributed by atoms with Gasteiger partial charge < -0.3 is 11.1 Å². The number of nitrogen functional groups attached to an aromatic ring is 1. The Hall–Kier alpha value is -1.97. The fourth-order valence-corrected chi connectivity index (χ4v) is 2.76. The van der Waals surface area contributed by atoms with Crippen LogP contribution < -0.4 is 11.1 Å². The first-order chi connectivity index (χ1) is 9.86. The predicted molar refractivity (Wildman–Crippen MR) is 87.8 cm³/mol. The molecule has 0 amide bonds. The van der Waals surface area contributed by atoms with Gasteiger partial charge in [0.1, 0.15) is 5.82 Å². The van der Waals surface area contributed by atoms with Crippen LogP contribution in [0.15, 0.2) is 24.3 Å². The number of aryl methyl sites for hydroxylation is 1. The van der Waals surface area contributed by atoms with Gasteiger partial charge in [0.25, 0.3) is 0 Å². The van der Waals surface area contributed by atoms with Crippen LogP contribution in [-0.4, -0.2) is 16.3 Å². The summed E-state index contributed by atoms with van der Waals surface area (Å²) in [7, 11) is 0. The molecule has 0 aliphatic carbocycles. The molecule has 0 bridgehead atoms. The van der Waals surface area contributed by atoms with Gasteiger partial charge in [-0.2, -0.15) is 5.10 Å². The standard InChI is InChI=1S/C17H24N4/c1-11-5-6-12(9-13(11)18)14-7-8-19-16-10-15(17(2,3)4)20-21(14)16/h5-6,9-10,14,19H,7-8,18H2,1-4H3. The highest BCUT2D eigenvalue weighted by Crippen LogP contribution is 2.33. The molecule has 0 saturated carbocycles. The minimum atomic E-state index is 0.0584. The van der Waals surface area contributed by atoms with Crippen LogP contribution in [0.4, 0.5) is 11.5 Å². The Kier molecular flexibility index (Phi) is 3.19. The normalized spacial score (nSPS) is 18.2. The molecule has 4 heteroatoms. The van der Waals surface area contributed by atoms with Crippen molar-refractivity contribution in [2.24, 2.45) is 0 Å². The molecule has 0 saturated heterocycles. The topological polar surface area (TPSA) is 55.9 Å². The van der Waals surface area contributed by atoms with Crippen molar-refractivity contribution in [3.8, 4) is 0 Å². The van der Waals surface area contributed by atoms with Crippen molar-refractivity contribution in [3.05, 3.63) is 41.1 Å². The van der Waals surface area contributed by atoms with Gasteiger partial charge in [-0.3, -0.25) is 0 Å². The Labute approximate surface area is 126 Å². The molecule has 3 rings (SSSR count). The molecule has 21 heavy (non-hydrogen) atoms. The lowest BCUT2D eigenvalue weighted by atomic mass is 9.92. The van der Waals surface area contributed by atoms with E-state index in [1.807, 2.05) is 6.92 Å². The van der Waals surface area contributed by atoms with E-state index in [2.05, 4.69) is 55.0 Å². The van der Waals surface area contributed by atoms with Gasteiger partial charge in [0.15, 0.2) is 0 Å². The predicted octanol–water partition coefficient (Wildman–Crippen LogP) is 3.48. The molecule has 0 fully saturated rings. The lowest BCUT2D eigenvalue weighted by Crippen LogP contribution is -2.24. The monoisotopic (exact) mass is 284 g/mol. The Bertz CT molecular complexity index is 664. The zero-order valence-corrected chi connectivity index (χ0v) is 13.3. The number of rotatable bonds is 1. The van der Waals surface area contributed by atoms with Gasteiger partial charge >= 0.3 is 0 Å². The van der Waals surface area contributed by atoms with Crippen molar-refractivity contribution in [3.63, 3.8) is 0 Å². The van der Waals surface area contributed by atoms with Crippen molar-refractivity contribution < 1.29 is 0 Å². The maximum Gasteiger partial charge on any atom is 0.125 e. The zero-order valence-electron chi connectivity index (χ0n) is 13.3. The van der Waals surface area contributed by atoms with Crippen LogP contribution in [0.2, 0.25) is 0 Å². The van der Waals surface area contributed by atoms with Crippen LogP contribution in [-0.2, 0) is 5.41 Å². The number of hydrogen-bond acceptors (Lipinski definition) is 3. The highest BCUT2D eigenvalue weighted by Gasteiger charge is 2.26. The zero-order chi connectivity index (χ0) is 15.2. The van der Waals surface area contributed by atoms with Gasteiger partial charge in [0.05, 0.1) is 11.7 Å². The van der Waals surface area contributed by atoms with E-state index < -0.39 is 0 Å². The van der Waals surface area contributed by atoms with Crippen molar-refractivity contribution in [2.45, 2.75) is 45.6 Å². The number of benzene rings is 1. The summed E-state index contributed by atoms with van der Waals surface area (Å²) in [6.07, 6.45) is 1.03. The summed E-state index contributed by atoms with van der Waals surface area (Å²) < 4.78 is 2.12. The van der Waals surface area contributed by atoms with Crippen LogP contribution in [0.25, 0.3) is 0 Å². The average molecular weight is 284 g/mol. The molecule has 1 aliphatic rings. The van der Waals surface area contributed by atoms with Gasteiger partial charge in [-0.05, 0) is 30.5 Å². The summed E-state index contributed by atoms with van der Waals surface area (Å²) in [6, 6.07) is 8.79. The Morgan fingerprint density at radius 1 is 1.29 bits per heavy atom. The molecule has 3 N–H and O–H groups in total. The minimum Gasteiger partial charge on any atom is -0.399 e. The molecule has 112 valence electrons. The van der Waals surface area contributed by atoms with Crippen LogP contribution in [0.1, 0.15) is 50.1 Å². The summed E-state index contributed by atoms with van der Waals surface area (Å²) in [6.45, 7) is 9.59.